The molecule has 3 nitrogen and oxygen atoms in total. The van der Waals surface area contributed by atoms with Gasteiger partial charge in [0, 0.05) is 15.5 Å². The van der Waals surface area contributed by atoms with Gasteiger partial charge >= 0.3 is 0 Å². The molecule has 0 unspecified atom stereocenters. The predicted octanol–water partition coefficient (Wildman–Crippen LogP) is 6.73. The molecule has 138 valence electrons. The van der Waals surface area contributed by atoms with Crippen LogP contribution in [0.2, 0.25) is 0 Å². The van der Waals surface area contributed by atoms with Crippen molar-refractivity contribution in [2.24, 2.45) is 0 Å². The van der Waals surface area contributed by atoms with Crippen molar-refractivity contribution in [2.45, 2.75) is 71.1 Å². The monoisotopic (exact) mass is 471 g/mol. The number of rotatable bonds is 11. The van der Waals surface area contributed by atoms with Crippen molar-refractivity contribution in [3.8, 4) is 0 Å². The average Bonchev–Trinajstić information content (AvgIpc) is 2.85. The van der Waals surface area contributed by atoms with E-state index in [2.05, 4.69) is 38.8 Å². The van der Waals surface area contributed by atoms with Crippen molar-refractivity contribution in [2.75, 3.05) is 6.54 Å². The topological polar surface area (TPSA) is 37.4 Å². The molecule has 25 heavy (non-hydrogen) atoms. The van der Waals surface area contributed by atoms with Gasteiger partial charge < -0.3 is 0 Å². The zero-order valence-corrected chi connectivity index (χ0v) is 18.1. The SMILES string of the molecule is CCCCCCCCCCCCN1C(=O)c2c(Br)ccc(Br)c2C1=O. The first kappa shape index (κ1) is 20.6. The number of carbonyl (C=O) groups excluding carboxylic acids is 2. The molecule has 0 saturated carbocycles. The Labute approximate surface area is 167 Å². The van der Waals surface area contributed by atoms with E-state index in [4.69, 9.17) is 0 Å². The van der Waals surface area contributed by atoms with E-state index in [1.54, 1.807) is 12.1 Å². The molecule has 5 heteroatoms. The van der Waals surface area contributed by atoms with Crippen LogP contribution >= 0.6 is 31.9 Å². The van der Waals surface area contributed by atoms with Gasteiger partial charge in [0.2, 0.25) is 0 Å². The summed E-state index contributed by atoms with van der Waals surface area (Å²) in [6.07, 6.45) is 12.4. The van der Waals surface area contributed by atoms with E-state index in [0.29, 0.717) is 26.6 Å². The van der Waals surface area contributed by atoms with Gasteiger partial charge in [0.1, 0.15) is 0 Å². The zero-order valence-electron chi connectivity index (χ0n) is 15.0. The lowest BCUT2D eigenvalue weighted by molar-refractivity contribution is 0.0651. The van der Waals surface area contributed by atoms with Crippen molar-refractivity contribution in [1.29, 1.82) is 0 Å². The zero-order chi connectivity index (χ0) is 18.2. The van der Waals surface area contributed by atoms with E-state index in [9.17, 15) is 9.59 Å². The maximum atomic E-state index is 12.5. The van der Waals surface area contributed by atoms with Gasteiger partial charge in [0.05, 0.1) is 11.1 Å². The molecule has 1 aromatic carbocycles. The molecule has 0 radical (unpaired) electrons. The second-order valence-corrected chi connectivity index (χ2v) is 8.43. The molecule has 0 aromatic heterocycles. The fourth-order valence-corrected chi connectivity index (χ4v) is 4.29. The molecule has 0 saturated heterocycles. The van der Waals surface area contributed by atoms with Crippen molar-refractivity contribution >= 4 is 43.7 Å². The molecule has 0 spiro atoms. The fraction of sp³-hybridized carbons (Fsp3) is 0.600. The number of imide groups is 1. The standard InChI is InChI=1S/C20H27Br2NO2/c1-2-3-4-5-6-7-8-9-10-11-14-23-19(24)17-15(21)12-13-16(22)18(17)20(23)25/h12-13H,2-11,14H2,1H3. The number of halogens is 2. The van der Waals surface area contributed by atoms with Crippen LogP contribution in [0.1, 0.15) is 91.8 Å². The second-order valence-electron chi connectivity index (χ2n) is 6.72. The summed E-state index contributed by atoms with van der Waals surface area (Å²) < 4.78 is 1.38. The van der Waals surface area contributed by atoms with Crippen molar-refractivity contribution in [1.82, 2.24) is 4.90 Å². The molecule has 2 rings (SSSR count). The first-order valence-electron chi connectivity index (χ1n) is 9.42. The van der Waals surface area contributed by atoms with Gasteiger partial charge in [-0.2, -0.15) is 0 Å². The van der Waals surface area contributed by atoms with Crippen LogP contribution in [0.5, 0.6) is 0 Å². The Kier molecular flexibility index (Phi) is 8.63. The van der Waals surface area contributed by atoms with E-state index < -0.39 is 0 Å². The molecular weight excluding hydrogens is 446 g/mol. The number of hydrogen-bond acceptors (Lipinski definition) is 2. The normalized spacial score (nSPS) is 13.6. The summed E-state index contributed by atoms with van der Waals surface area (Å²) in [5, 5.41) is 0. The van der Waals surface area contributed by atoms with Crippen LogP contribution in [-0.2, 0) is 0 Å². The number of unbranched alkanes of at least 4 members (excludes halogenated alkanes) is 9. The molecular formula is C20H27Br2NO2. The van der Waals surface area contributed by atoms with E-state index >= 15 is 0 Å². The highest BCUT2D eigenvalue weighted by molar-refractivity contribution is 9.11. The van der Waals surface area contributed by atoms with Gasteiger partial charge in [-0.1, -0.05) is 64.7 Å². The third-order valence-electron chi connectivity index (χ3n) is 4.76. The fourth-order valence-electron chi connectivity index (χ4n) is 3.29. The molecule has 1 aliphatic heterocycles. The van der Waals surface area contributed by atoms with Crippen molar-refractivity contribution < 1.29 is 9.59 Å². The number of amides is 2. The largest absolute Gasteiger partial charge is 0.274 e. The van der Waals surface area contributed by atoms with Gasteiger partial charge in [0.25, 0.3) is 11.8 Å². The molecule has 0 bridgehead atoms. The lowest BCUT2D eigenvalue weighted by Crippen LogP contribution is -2.30. The van der Waals surface area contributed by atoms with Crippen LogP contribution < -0.4 is 0 Å². The molecule has 0 atom stereocenters. The molecule has 1 heterocycles. The highest BCUT2D eigenvalue weighted by Crippen LogP contribution is 2.34. The van der Waals surface area contributed by atoms with Crippen LogP contribution in [0, 0.1) is 0 Å². The first-order chi connectivity index (χ1) is 12.1. The Balaban J connectivity index is 1.69. The second kappa shape index (κ2) is 10.5. The van der Waals surface area contributed by atoms with E-state index in [-0.39, 0.29) is 11.8 Å². The summed E-state index contributed by atoms with van der Waals surface area (Å²) >= 11 is 6.78. The summed E-state index contributed by atoms with van der Waals surface area (Å²) in [5.74, 6) is -0.354. The molecule has 0 aliphatic carbocycles. The lowest BCUT2D eigenvalue weighted by atomic mass is 10.1. The van der Waals surface area contributed by atoms with Crippen molar-refractivity contribution in [3.63, 3.8) is 0 Å². The maximum Gasteiger partial charge on any atom is 0.262 e. The number of carbonyl (C=O) groups is 2. The molecule has 2 amide bonds. The molecule has 0 fully saturated rings. The number of hydrogen-bond donors (Lipinski definition) is 0. The van der Waals surface area contributed by atoms with Gasteiger partial charge in [-0.05, 0) is 50.4 Å². The number of fused-ring (bicyclic) bond motifs is 1. The average molecular weight is 473 g/mol. The quantitative estimate of drug-likeness (QED) is 0.264. The minimum Gasteiger partial charge on any atom is -0.274 e. The Hall–Kier alpha value is -0.680. The summed E-state index contributed by atoms with van der Waals surface area (Å²) in [6, 6.07) is 3.61. The summed E-state index contributed by atoms with van der Waals surface area (Å²) in [7, 11) is 0. The van der Waals surface area contributed by atoms with Crippen LogP contribution in [0.3, 0.4) is 0 Å². The smallest absolute Gasteiger partial charge is 0.262 e. The van der Waals surface area contributed by atoms with Crippen molar-refractivity contribution in [3.05, 3.63) is 32.2 Å². The van der Waals surface area contributed by atoms with Gasteiger partial charge in [0.15, 0.2) is 0 Å². The van der Waals surface area contributed by atoms with Gasteiger partial charge in [-0.3, -0.25) is 14.5 Å². The van der Waals surface area contributed by atoms with E-state index in [1.165, 1.54) is 56.3 Å². The molecule has 0 N–H and O–H groups in total. The Morgan fingerprint density at radius 2 is 1.12 bits per heavy atom. The summed E-state index contributed by atoms with van der Waals surface area (Å²) in [4.78, 5) is 26.4. The van der Waals surface area contributed by atoms with Gasteiger partial charge in [-0.15, -0.1) is 0 Å². The minimum absolute atomic E-state index is 0.177. The summed E-state index contributed by atoms with van der Waals surface area (Å²) in [6.45, 7) is 2.76. The number of benzene rings is 1. The third-order valence-corrected chi connectivity index (χ3v) is 6.08. The predicted molar refractivity (Wildman–Crippen MR) is 109 cm³/mol. The van der Waals surface area contributed by atoms with Crippen LogP contribution in [0.15, 0.2) is 21.1 Å². The minimum atomic E-state index is -0.177. The number of nitrogens with zero attached hydrogens (tertiary/aromatic N) is 1. The molecule has 1 aliphatic rings. The lowest BCUT2D eigenvalue weighted by Gasteiger charge is -2.13. The Bertz CT molecular complexity index is 575. The molecule has 1 aromatic rings. The maximum absolute atomic E-state index is 12.5. The first-order valence-corrected chi connectivity index (χ1v) is 11.0. The van der Waals surface area contributed by atoms with E-state index in [0.717, 1.165) is 12.8 Å². The van der Waals surface area contributed by atoms with Crippen LogP contribution in [0.4, 0.5) is 0 Å². The van der Waals surface area contributed by atoms with Gasteiger partial charge in [-0.25, -0.2) is 0 Å². The van der Waals surface area contributed by atoms with Crippen LogP contribution in [-0.4, -0.2) is 23.3 Å². The highest BCUT2D eigenvalue weighted by atomic mass is 79.9. The third kappa shape index (κ3) is 5.40. The Morgan fingerprint density at radius 3 is 1.56 bits per heavy atom. The Morgan fingerprint density at radius 1 is 0.720 bits per heavy atom. The highest BCUT2D eigenvalue weighted by Gasteiger charge is 2.38. The summed E-state index contributed by atoms with van der Waals surface area (Å²) in [5.41, 5.74) is 0.984. The van der Waals surface area contributed by atoms with Crippen LogP contribution in [0.25, 0.3) is 0 Å². The van der Waals surface area contributed by atoms with E-state index in [1.807, 2.05) is 0 Å².